The first-order chi connectivity index (χ1) is 11.9. The lowest BCUT2D eigenvalue weighted by Crippen LogP contribution is -2.09. The molecule has 2 N–H and O–H groups in total. The van der Waals surface area contributed by atoms with Crippen molar-refractivity contribution in [3.8, 4) is 11.3 Å². The van der Waals surface area contributed by atoms with Gasteiger partial charge < -0.3 is 10.6 Å². The molecule has 3 aromatic rings. The highest BCUT2D eigenvalue weighted by molar-refractivity contribution is 5.64. The molecule has 4 heteroatoms. The largest absolute Gasteiger partial charge is 0.367 e. The molecule has 1 aromatic heterocycles. The van der Waals surface area contributed by atoms with E-state index < -0.39 is 0 Å². The highest BCUT2D eigenvalue weighted by atomic mass is 15.2. The fraction of sp³-hybridized carbons (Fsp3) is 0.200. The number of benzene rings is 2. The van der Waals surface area contributed by atoms with Crippen molar-refractivity contribution in [2.45, 2.75) is 25.4 Å². The summed E-state index contributed by atoms with van der Waals surface area (Å²) in [6.45, 7) is 0.710. The van der Waals surface area contributed by atoms with Gasteiger partial charge in [0.05, 0.1) is 5.69 Å². The standard InChI is InChI=1S/C20H20N4/c1-3-7-15(8-4-1)14-21-20-23-18(16-9-5-2-6-10-16)13-19(24-20)22-17-11-12-17/h1-10,13,17H,11-12,14H2,(H2,21,22,23,24). The van der Waals surface area contributed by atoms with Gasteiger partial charge in [0.1, 0.15) is 5.82 Å². The van der Waals surface area contributed by atoms with Gasteiger partial charge in [-0.25, -0.2) is 4.98 Å². The zero-order valence-electron chi connectivity index (χ0n) is 13.4. The second-order valence-corrected chi connectivity index (χ2v) is 6.09. The average Bonchev–Trinajstić information content (AvgIpc) is 3.45. The molecule has 2 aromatic carbocycles. The van der Waals surface area contributed by atoms with Gasteiger partial charge in [-0.2, -0.15) is 4.98 Å². The van der Waals surface area contributed by atoms with Crippen molar-refractivity contribution < 1.29 is 0 Å². The van der Waals surface area contributed by atoms with Crippen LogP contribution in [0.3, 0.4) is 0 Å². The van der Waals surface area contributed by atoms with E-state index in [1.165, 1.54) is 18.4 Å². The van der Waals surface area contributed by atoms with Gasteiger partial charge in [-0.15, -0.1) is 0 Å². The fourth-order valence-corrected chi connectivity index (χ4v) is 2.57. The molecule has 0 radical (unpaired) electrons. The van der Waals surface area contributed by atoms with E-state index in [0.717, 1.165) is 17.1 Å². The lowest BCUT2D eigenvalue weighted by atomic mass is 10.1. The maximum Gasteiger partial charge on any atom is 0.225 e. The molecule has 0 saturated heterocycles. The van der Waals surface area contributed by atoms with Crippen LogP contribution in [0, 0.1) is 0 Å². The third-order valence-electron chi connectivity index (χ3n) is 4.02. The molecule has 1 heterocycles. The molecule has 0 spiro atoms. The highest BCUT2D eigenvalue weighted by Gasteiger charge is 2.22. The van der Waals surface area contributed by atoms with E-state index in [2.05, 4.69) is 44.9 Å². The Morgan fingerprint density at radius 1 is 0.875 bits per heavy atom. The van der Waals surface area contributed by atoms with Gasteiger partial charge in [0.25, 0.3) is 0 Å². The van der Waals surface area contributed by atoms with Crippen molar-refractivity contribution in [2.24, 2.45) is 0 Å². The zero-order chi connectivity index (χ0) is 16.2. The zero-order valence-corrected chi connectivity index (χ0v) is 13.4. The molecular formula is C20H20N4. The second kappa shape index (κ2) is 6.71. The predicted molar refractivity (Wildman–Crippen MR) is 97.9 cm³/mol. The minimum atomic E-state index is 0.561. The van der Waals surface area contributed by atoms with Crippen LogP contribution in [0.4, 0.5) is 11.8 Å². The fourth-order valence-electron chi connectivity index (χ4n) is 2.57. The normalized spacial score (nSPS) is 13.5. The summed E-state index contributed by atoms with van der Waals surface area (Å²) in [5.74, 6) is 1.55. The first-order valence-electron chi connectivity index (χ1n) is 8.36. The molecular weight excluding hydrogens is 296 g/mol. The van der Waals surface area contributed by atoms with Crippen molar-refractivity contribution in [1.29, 1.82) is 0 Å². The summed E-state index contributed by atoms with van der Waals surface area (Å²) >= 11 is 0. The summed E-state index contributed by atoms with van der Waals surface area (Å²) in [4.78, 5) is 9.30. The first kappa shape index (κ1) is 14.7. The van der Waals surface area contributed by atoms with Gasteiger partial charge >= 0.3 is 0 Å². The Morgan fingerprint density at radius 3 is 2.29 bits per heavy atom. The number of nitrogens with one attached hydrogen (secondary N) is 2. The van der Waals surface area contributed by atoms with Crippen LogP contribution in [-0.2, 0) is 6.54 Å². The van der Waals surface area contributed by atoms with E-state index in [4.69, 9.17) is 0 Å². The van der Waals surface area contributed by atoms with Crippen LogP contribution in [0.5, 0.6) is 0 Å². The number of nitrogens with zero attached hydrogens (tertiary/aromatic N) is 2. The van der Waals surface area contributed by atoms with Crippen LogP contribution in [0.15, 0.2) is 66.7 Å². The van der Waals surface area contributed by atoms with E-state index in [9.17, 15) is 0 Å². The smallest absolute Gasteiger partial charge is 0.225 e. The van der Waals surface area contributed by atoms with Crippen LogP contribution >= 0.6 is 0 Å². The average molecular weight is 316 g/mol. The third kappa shape index (κ3) is 3.71. The van der Waals surface area contributed by atoms with Crippen molar-refractivity contribution in [3.05, 3.63) is 72.3 Å². The van der Waals surface area contributed by atoms with Crippen molar-refractivity contribution in [1.82, 2.24) is 9.97 Å². The molecule has 1 aliphatic carbocycles. The number of hydrogen-bond acceptors (Lipinski definition) is 4. The second-order valence-electron chi connectivity index (χ2n) is 6.09. The molecule has 4 rings (SSSR count). The van der Waals surface area contributed by atoms with Gasteiger partial charge in [-0.1, -0.05) is 60.7 Å². The van der Waals surface area contributed by atoms with Crippen molar-refractivity contribution >= 4 is 11.8 Å². The lowest BCUT2D eigenvalue weighted by molar-refractivity contribution is 1.04. The molecule has 0 bridgehead atoms. The minimum Gasteiger partial charge on any atom is -0.367 e. The Kier molecular flexibility index (Phi) is 4.11. The summed E-state index contributed by atoms with van der Waals surface area (Å²) in [6, 6.07) is 23.1. The van der Waals surface area contributed by atoms with Gasteiger partial charge in [0, 0.05) is 24.2 Å². The van der Waals surface area contributed by atoms with Gasteiger partial charge in [0.15, 0.2) is 0 Å². The summed E-state index contributed by atoms with van der Waals surface area (Å²) in [5, 5.41) is 6.82. The quantitative estimate of drug-likeness (QED) is 0.710. The van der Waals surface area contributed by atoms with Gasteiger partial charge in [-0.05, 0) is 18.4 Å². The Morgan fingerprint density at radius 2 is 1.58 bits per heavy atom. The first-order valence-corrected chi connectivity index (χ1v) is 8.36. The van der Waals surface area contributed by atoms with Crippen LogP contribution in [0.1, 0.15) is 18.4 Å². The third-order valence-corrected chi connectivity index (χ3v) is 4.02. The Hall–Kier alpha value is -2.88. The van der Waals surface area contributed by atoms with Crippen LogP contribution in [0.25, 0.3) is 11.3 Å². The minimum absolute atomic E-state index is 0.561. The molecule has 0 atom stereocenters. The molecule has 1 fully saturated rings. The van der Waals surface area contributed by atoms with Gasteiger partial charge in [0.2, 0.25) is 5.95 Å². The maximum atomic E-state index is 4.68. The van der Waals surface area contributed by atoms with Crippen molar-refractivity contribution in [2.75, 3.05) is 10.6 Å². The van der Waals surface area contributed by atoms with E-state index in [1.54, 1.807) is 0 Å². The molecule has 0 amide bonds. The molecule has 0 aliphatic heterocycles. The Bertz CT molecular complexity index is 798. The van der Waals surface area contributed by atoms with Gasteiger partial charge in [-0.3, -0.25) is 0 Å². The molecule has 24 heavy (non-hydrogen) atoms. The van der Waals surface area contributed by atoms with Crippen LogP contribution in [0.2, 0.25) is 0 Å². The SMILES string of the molecule is c1ccc(CNc2nc(NC3CC3)cc(-c3ccccc3)n2)cc1. The summed E-state index contributed by atoms with van der Waals surface area (Å²) in [5.41, 5.74) is 3.24. The molecule has 120 valence electrons. The van der Waals surface area contributed by atoms with E-state index in [-0.39, 0.29) is 0 Å². The Balaban J connectivity index is 1.59. The molecule has 1 aliphatic rings. The van der Waals surface area contributed by atoms with E-state index in [0.29, 0.717) is 18.5 Å². The summed E-state index contributed by atoms with van der Waals surface area (Å²) in [7, 11) is 0. The highest BCUT2D eigenvalue weighted by Crippen LogP contribution is 2.27. The topological polar surface area (TPSA) is 49.8 Å². The lowest BCUT2D eigenvalue weighted by Gasteiger charge is -2.11. The Labute approximate surface area is 142 Å². The predicted octanol–water partition coefficient (Wildman–Crippen LogP) is 4.33. The maximum absolute atomic E-state index is 4.68. The van der Waals surface area contributed by atoms with E-state index in [1.807, 2.05) is 42.5 Å². The number of hydrogen-bond donors (Lipinski definition) is 2. The monoisotopic (exact) mass is 316 g/mol. The number of anilines is 2. The molecule has 0 unspecified atom stereocenters. The van der Waals surface area contributed by atoms with Crippen LogP contribution < -0.4 is 10.6 Å². The van der Waals surface area contributed by atoms with E-state index >= 15 is 0 Å². The number of aromatic nitrogens is 2. The number of rotatable bonds is 6. The van der Waals surface area contributed by atoms with Crippen molar-refractivity contribution in [3.63, 3.8) is 0 Å². The van der Waals surface area contributed by atoms with Crippen LogP contribution in [-0.4, -0.2) is 16.0 Å². The summed E-state index contributed by atoms with van der Waals surface area (Å²) < 4.78 is 0. The molecule has 4 nitrogen and oxygen atoms in total. The molecule has 1 saturated carbocycles. The summed E-state index contributed by atoms with van der Waals surface area (Å²) in [6.07, 6.45) is 2.44.